The third-order valence-electron chi connectivity index (χ3n) is 5.44. The molecule has 2 heterocycles. The van der Waals surface area contributed by atoms with Gasteiger partial charge in [0.25, 0.3) is 5.89 Å². The molecule has 0 radical (unpaired) electrons. The van der Waals surface area contributed by atoms with Gasteiger partial charge in [-0.1, -0.05) is 59.2 Å². The number of nitrogens with zero attached hydrogens (tertiary/aromatic N) is 3. The smallest absolute Gasteiger partial charge is 0.258 e. The number of para-hydroxylation sites is 1. The molecule has 164 valence electrons. The number of anilines is 1. The van der Waals surface area contributed by atoms with E-state index in [-0.39, 0.29) is 11.9 Å². The molecule has 0 fully saturated rings. The Morgan fingerprint density at radius 2 is 1.79 bits per heavy atom. The molecule has 1 aliphatic rings. The number of thiocarbonyl (C=S) groups is 1. The summed E-state index contributed by atoms with van der Waals surface area (Å²) >= 11 is 11.8. The highest BCUT2D eigenvalue weighted by Gasteiger charge is 2.34. The average Bonchev–Trinajstić information content (AvgIpc) is 3.30. The van der Waals surface area contributed by atoms with Gasteiger partial charge in [0.2, 0.25) is 5.82 Å². The lowest BCUT2D eigenvalue weighted by atomic mass is 9.94. The summed E-state index contributed by atoms with van der Waals surface area (Å²) in [5.74, 6) is 0.259. The zero-order valence-electron chi connectivity index (χ0n) is 17.5. The lowest BCUT2D eigenvalue weighted by Gasteiger charge is -2.37. The minimum Gasteiger partial charge on any atom is -0.351 e. The van der Waals surface area contributed by atoms with Gasteiger partial charge >= 0.3 is 0 Å². The number of allylic oxidation sites excluding steroid dienone is 1. The highest BCUT2D eigenvalue weighted by atomic mass is 35.5. The molecule has 0 spiro atoms. The van der Waals surface area contributed by atoms with Gasteiger partial charge in [-0.15, -0.1) is 0 Å². The van der Waals surface area contributed by atoms with Crippen molar-refractivity contribution in [3.8, 4) is 11.4 Å². The normalized spacial score (nSPS) is 16.2. The van der Waals surface area contributed by atoms with Crippen molar-refractivity contribution in [1.82, 2.24) is 15.5 Å². The van der Waals surface area contributed by atoms with E-state index in [4.69, 9.17) is 28.3 Å². The molecule has 4 aromatic rings. The summed E-state index contributed by atoms with van der Waals surface area (Å²) in [6.07, 6.45) is 0. The van der Waals surface area contributed by atoms with Crippen molar-refractivity contribution in [2.75, 3.05) is 4.90 Å². The predicted molar refractivity (Wildman–Crippen MR) is 131 cm³/mol. The van der Waals surface area contributed by atoms with Crippen LogP contribution in [0.2, 0.25) is 5.02 Å². The lowest BCUT2D eigenvalue weighted by Crippen LogP contribution is -2.46. The van der Waals surface area contributed by atoms with E-state index in [0.29, 0.717) is 27.4 Å². The second kappa shape index (κ2) is 8.77. The predicted octanol–water partition coefficient (Wildman–Crippen LogP) is 6.40. The van der Waals surface area contributed by atoms with E-state index >= 15 is 0 Å². The molecule has 5 rings (SSSR count). The number of hydrogen-bond acceptors (Lipinski definition) is 4. The zero-order chi connectivity index (χ0) is 22.9. The first-order valence-electron chi connectivity index (χ1n) is 10.2. The van der Waals surface area contributed by atoms with Crippen LogP contribution in [0.4, 0.5) is 10.1 Å². The number of rotatable bonds is 4. The number of nitrogens with one attached hydrogen (secondary N) is 1. The minimum atomic E-state index is -0.367. The molecule has 33 heavy (non-hydrogen) atoms. The fourth-order valence-electron chi connectivity index (χ4n) is 3.89. The van der Waals surface area contributed by atoms with Crippen molar-refractivity contribution in [3.05, 3.63) is 107 Å². The number of hydrogen-bond donors (Lipinski definition) is 1. The first-order valence-corrected chi connectivity index (χ1v) is 11.0. The molecule has 8 heteroatoms. The Labute approximate surface area is 200 Å². The van der Waals surface area contributed by atoms with Crippen LogP contribution >= 0.6 is 23.8 Å². The first-order chi connectivity index (χ1) is 16.0. The van der Waals surface area contributed by atoms with Gasteiger partial charge in [-0.25, -0.2) is 4.39 Å². The Bertz CT molecular complexity index is 1350. The summed E-state index contributed by atoms with van der Waals surface area (Å²) < 4.78 is 19.4. The van der Waals surface area contributed by atoms with Gasteiger partial charge < -0.3 is 9.84 Å². The van der Waals surface area contributed by atoms with E-state index in [1.54, 1.807) is 12.1 Å². The molecule has 1 aliphatic heterocycles. The molecular formula is C25H18ClFN4OS. The third kappa shape index (κ3) is 4.13. The van der Waals surface area contributed by atoms with Crippen molar-refractivity contribution >= 4 is 40.2 Å². The van der Waals surface area contributed by atoms with E-state index in [1.165, 1.54) is 12.1 Å². The lowest BCUT2D eigenvalue weighted by molar-refractivity contribution is 0.404. The maximum absolute atomic E-state index is 13.7. The van der Waals surface area contributed by atoms with Crippen LogP contribution in [0, 0.1) is 5.82 Å². The van der Waals surface area contributed by atoms with E-state index < -0.39 is 0 Å². The summed E-state index contributed by atoms with van der Waals surface area (Å²) in [5.41, 5.74) is 3.99. The topological polar surface area (TPSA) is 54.2 Å². The van der Waals surface area contributed by atoms with Crippen molar-refractivity contribution < 1.29 is 8.91 Å². The highest BCUT2D eigenvalue weighted by Crippen LogP contribution is 2.39. The van der Waals surface area contributed by atoms with Gasteiger partial charge in [-0.3, -0.25) is 4.90 Å². The van der Waals surface area contributed by atoms with Crippen molar-refractivity contribution in [2.24, 2.45) is 0 Å². The monoisotopic (exact) mass is 476 g/mol. The molecule has 0 bridgehead atoms. The maximum atomic E-state index is 13.7. The van der Waals surface area contributed by atoms with Crippen molar-refractivity contribution in [2.45, 2.75) is 13.0 Å². The Morgan fingerprint density at radius 1 is 1.03 bits per heavy atom. The Balaban J connectivity index is 1.65. The van der Waals surface area contributed by atoms with Gasteiger partial charge in [0, 0.05) is 22.0 Å². The molecule has 3 aromatic carbocycles. The van der Waals surface area contributed by atoms with Crippen molar-refractivity contribution in [3.63, 3.8) is 0 Å². The second-order valence-corrected chi connectivity index (χ2v) is 8.36. The quantitative estimate of drug-likeness (QED) is 0.344. The molecule has 1 aromatic heterocycles. The minimum absolute atomic E-state index is 0.305. The fourth-order valence-corrected chi connectivity index (χ4v) is 4.38. The van der Waals surface area contributed by atoms with Gasteiger partial charge in [-0.05, 0) is 61.1 Å². The standard InChI is InChI=1S/C25H18ClFN4OS/c1-15-21(24-29-23(30-32-24)17-6-5-7-19(27)14-17)22(16-10-12-18(26)13-11-16)28-25(33)31(15)20-8-3-2-4-9-20/h2-14,22H,1H3,(H,28,33). The molecule has 1 atom stereocenters. The van der Waals surface area contributed by atoms with Gasteiger partial charge in [0.05, 0.1) is 11.6 Å². The Kier molecular flexibility index (Phi) is 5.66. The van der Waals surface area contributed by atoms with Gasteiger partial charge in [0.1, 0.15) is 5.82 Å². The Hall–Kier alpha value is -3.55. The summed E-state index contributed by atoms with van der Waals surface area (Å²) in [5, 5.41) is 8.70. The molecule has 0 saturated heterocycles. The molecule has 1 unspecified atom stereocenters. The molecule has 0 aliphatic carbocycles. The van der Waals surface area contributed by atoms with E-state index in [1.807, 2.05) is 66.4 Å². The van der Waals surface area contributed by atoms with Crippen LogP contribution < -0.4 is 10.2 Å². The molecule has 0 saturated carbocycles. The largest absolute Gasteiger partial charge is 0.351 e. The third-order valence-corrected chi connectivity index (χ3v) is 5.99. The Morgan fingerprint density at radius 3 is 2.52 bits per heavy atom. The SMILES string of the molecule is CC1=C(c2nc(-c3cccc(F)c3)no2)C(c2ccc(Cl)cc2)NC(=S)N1c1ccccc1. The second-order valence-electron chi connectivity index (χ2n) is 7.54. The fraction of sp³-hybridized carbons (Fsp3) is 0.0800. The van der Waals surface area contributed by atoms with Crippen LogP contribution in [-0.4, -0.2) is 15.3 Å². The van der Waals surface area contributed by atoms with E-state index in [2.05, 4.69) is 15.5 Å². The van der Waals surface area contributed by atoms with E-state index in [9.17, 15) is 4.39 Å². The summed E-state index contributed by atoms with van der Waals surface area (Å²) in [4.78, 5) is 6.54. The van der Waals surface area contributed by atoms with Crippen LogP contribution in [0.15, 0.2) is 89.1 Å². The number of benzene rings is 3. The van der Waals surface area contributed by atoms with Crippen LogP contribution in [-0.2, 0) is 0 Å². The zero-order valence-corrected chi connectivity index (χ0v) is 19.1. The molecular weight excluding hydrogens is 459 g/mol. The van der Waals surface area contributed by atoms with Crippen LogP contribution in [0.25, 0.3) is 17.0 Å². The number of halogens is 2. The van der Waals surface area contributed by atoms with Crippen LogP contribution in [0.5, 0.6) is 0 Å². The van der Waals surface area contributed by atoms with Gasteiger partial charge in [-0.2, -0.15) is 4.98 Å². The highest BCUT2D eigenvalue weighted by molar-refractivity contribution is 7.80. The number of aromatic nitrogens is 2. The van der Waals surface area contributed by atoms with Crippen molar-refractivity contribution in [1.29, 1.82) is 0 Å². The van der Waals surface area contributed by atoms with Crippen LogP contribution in [0.1, 0.15) is 24.4 Å². The summed E-state index contributed by atoms with van der Waals surface area (Å²) in [6, 6.07) is 23.1. The van der Waals surface area contributed by atoms with E-state index in [0.717, 1.165) is 22.5 Å². The first kappa shape index (κ1) is 21.3. The maximum Gasteiger partial charge on any atom is 0.258 e. The average molecular weight is 477 g/mol. The molecule has 1 N–H and O–H groups in total. The summed E-state index contributed by atoms with van der Waals surface area (Å²) in [6.45, 7) is 1.96. The summed E-state index contributed by atoms with van der Waals surface area (Å²) in [7, 11) is 0. The molecule has 0 amide bonds. The molecule has 5 nitrogen and oxygen atoms in total. The van der Waals surface area contributed by atoms with Gasteiger partial charge in [0.15, 0.2) is 5.11 Å². The van der Waals surface area contributed by atoms with Crippen LogP contribution in [0.3, 0.4) is 0 Å².